The van der Waals surface area contributed by atoms with Gasteiger partial charge in [0.1, 0.15) is 4.99 Å². The normalized spacial score (nSPS) is 12.2. The number of nitrogens with two attached hydrogens (primary N) is 1. The van der Waals surface area contributed by atoms with Crippen LogP contribution in [0.4, 0.5) is 5.69 Å². The molecule has 0 aliphatic carbocycles. The third kappa shape index (κ3) is 5.19. The lowest BCUT2D eigenvalue weighted by Gasteiger charge is -2.17. The second-order valence-corrected chi connectivity index (χ2v) is 5.63. The standard InChI is InChI=1S/C16H26N2S/c1-4-6-7-13(5-2)11-18-14-8-9-15(16(17)19)12(3)10-14/h8-10,13,18H,4-7,11H2,1-3H3,(H2,17,19). The summed E-state index contributed by atoms with van der Waals surface area (Å²) in [5, 5.41) is 3.53. The van der Waals surface area contributed by atoms with E-state index in [0.717, 1.165) is 29.3 Å². The van der Waals surface area contributed by atoms with Crippen LogP contribution in [0.2, 0.25) is 0 Å². The van der Waals surface area contributed by atoms with Crippen LogP contribution in [-0.4, -0.2) is 11.5 Å². The van der Waals surface area contributed by atoms with E-state index in [9.17, 15) is 0 Å². The second-order valence-electron chi connectivity index (χ2n) is 5.19. The van der Waals surface area contributed by atoms with Crippen LogP contribution < -0.4 is 11.1 Å². The molecule has 1 atom stereocenters. The fourth-order valence-electron chi connectivity index (χ4n) is 2.26. The van der Waals surface area contributed by atoms with Crippen LogP contribution in [0.3, 0.4) is 0 Å². The molecule has 0 bridgehead atoms. The summed E-state index contributed by atoms with van der Waals surface area (Å²) in [5.41, 5.74) is 8.94. The summed E-state index contributed by atoms with van der Waals surface area (Å²) in [7, 11) is 0. The summed E-state index contributed by atoms with van der Waals surface area (Å²) in [4.78, 5) is 0.471. The molecule has 0 spiro atoms. The van der Waals surface area contributed by atoms with Gasteiger partial charge < -0.3 is 11.1 Å². The zero-order chi connectivity index (χ0) is 14.3. The number of anilines is 1. The predicted octanol–water partition coefficient (Wildman–Crippen LogP) is 4.26. The highest BCUT2D eigenvalue weighted by Gasteiger charge is 2.07. The number of rotatable bonds is 8. The molecule has 1 aromatic rings. The fraction of sp³-hybridized carbons (Fsp3) is 0.562. The maximum atomic E-state index is 5.67. The minimum absolute atomic E-state index is 0.471. The number of hydrogen-bond donors (Lipinski definition) is 2. The van der Waals surface area contributed by atoms with E-state index in [0.29, 0.717) is 4.99 Å². The van der Waals surface area contributed by atoms with Gasteiger partial charge in [-0.2, -0.15) is 0 Å². The fourth-order valence-corrected chi connectivity index (χ4v) is 2.48. The number of thiocarbonyl (C=S) groups is 1. The van der Waals surface area contributed by atoms with Crippen molar-refractivity contribution in [3.8, 4) is 0 Å². The predicted molar refractivity (Wildman–Crippen MR) is 88.9 cm³/mol. The average Bonchev–Trinajstić information content (AvgIpc) is 2.38. The first-order chi connectivity index (χ1) is 9.08. The van der Waals surface area contributed by atoms with E-state index in [1.54, 1.807) is 0 Å². The summed E-state index contributed by atoms with van der Waals surface area (Å²) in [6.07, 6.45) is 5.14. The minimum atomic E-state index is 0.471. The van der Waals surface area contributed by atoms with Gasteiger partial charge in [0.05, 0.1) is 0 Å². The molecule has 0 saturated heterocycles. The van der Waals surface area contributed by atoms with Crippen molar-refractivity contribution in [1.29, 1.82) is 0 Å². The van der Waals surface area contributed by atoms with E-state index < -0.39 is 0 Å². The molecule has 0 fully saturated rings. The van der Waals surface area contributed by atoms with Gasteiger partial charge in [-0.1, -0.05) is 45.3 Å². The van der Waals surface area contributed by atoms with Gasteiger partial charge in [-0.3, -0.25) is 0 Å². The van der Waals surface area contributed by atoms with Gasteiger partial charge in [-0.15, -0.1) is 0 Å². The van der Waals surface area contributed by atoms with E-state index in [2.05, 4.69) is 31.3 Å². The molecule has 0 saturated carbocycles. The molecule has 0 radical (unpaired) electrons. The van der Waals surface area contributed by atoms with Gasteiger partial charge in [0.15, 0.2) is 0 Å². The van der Waals surface area contributed by atoms with Gasteiger partial charge in [0.25, 0.3) is 0 Å². The Labute approximate surface area is 122 Å². The Bertz CT molecular complexity index is 415. The number of benzene rings is 1. The Morgan fingerprint density at radius 3 is 2.63 bits per heavy atom. The molecular formula is C16H26N2S. The zero-order valence-corrected chi connectivity index (χ0v) is 13.1. The van der Waals surface area contributed by atoms with Crippen LogP contribution in [0.25, 0.3) is 0 Å². The Morgan fingerprint density at radius 2 is 2.11 bits per heavy atom. The summed E-state index contributed by atoms with van der Waals surface area (Å²) in [6.45, 7) is 7.61. The highest BCUT2D eigenvalue weighted by Crippen LogP contribution is 2.18. The van der Waals surface area contributed by atoms with Crippen molar-refractivity contribution < 1.29 is 0 Å². The van der Waals surface area contributed by atoms with Gasteiger partial charge in [0.2, 0.25) is 0 Å². The third-order valence-corrected chi connectivity index (χ3v) is 3.85. The van der Waals surface area contributed by atoms with Gasteiger partial charge >= 0.3 is 0 Å². The molecule has 3 N–H and O–H groups in total. The molecule has 1 rings (SSSR count). The average molecular weight is 278 g/mol. The molecule has 2 nitrogen and oxygen atoms in total. The van der Waals surface area contributed by atoms with Crippen LogP contribution in [0.15, 0.2) is 18.2 Å². The lowest BCUT2D eigenvalue weighted by molar-refractivity contribution is 0.473. The topological polar surface area (TPSA) is 38.0 Å². The van der Waals surface area contributed by atoms with Crippen molar-refractivity contribution in [1.82, 2.24) is 0 Å². The molecule has 0 aliphatic rings. The molecule has 0 heterocycles. The number of hydrogen-bond acceptors (Lipinski definition) is 2. The van der Waals surface area contributed by atoms with E-state index in [-0.39, 0.29) is 0 Å². The first-order valence-corrected chi connectivity index (χ1v) is 7.63. The third-order valence-electron chi connectivity index (χ3n) is 3.63. The summed E-state index contributed by atoms with van der Waals surface area (Å²) < 4.78 is 0. The molecule has 19 heavy (non-hydrogen) atoms. The smallest absolute Gasteiger partial charge is 0.104 e. The summed E-state index contributed by atoms with van der Waals surface area (Å²) >= 11 is 5.02. The molecule has 1 unspecified atom stereocenters. The Kier molecular flexibility index (Phi) is 6.85. The van der Waals surface area contributed by atoms with Crippen molar-refractivity contribution in [2.24, 2.45) is 11.7 Å². The highest BCUT2D eigenvalue weighted by atomic mass is 32.1. The quantitative estimate of drug-likeness (QED) is 0.698. The molecule has 0 amide bonds. The van der Waals surface area contributed by atoms with Crippen LogP contribution in [0.1, 0.15) is 50.7 Å². The Balaban J connectivity index is 2.57. The largest absolute Gasteiger partial charge is 0.389 e. The second kappa shape index (κ2) is 8.16. The SMILES string of the molecule is CCCCC(CC)CNc1ccc(C(N)=S)c(C)c1. The van der Waals surface area contributed by atoms with Crippen molar-refractivity contribution in [2.75, 3.05) is 11.9 Å². The van der Waals surface area contributed by atoms with Crippen molar-refractivity contribution in [2.45, 2.75) is 46.5 Å². The zero-order valence-electron chi connectivity index (χ0n) is 12.3. The molecule has 3 heteroatoms. The van der Waals surface area contributed by atoms with Crippen LogP contribution in [0.5, 0.6) is 0 Å². The molecule has 106 valence electrons. The molecular weight excluding hydrogens is 252 g/mol. The maximum Gasteiger partial charge on any atom is 0.104 e. The Morgan fingerprint density at radius 1 is 1.37 bits per heavy atom. The minimum Gasteiger partial charge on any atom is -0.389 e. The first kappa shape index (κ1) is 16.0. The lowest BCUT2D eigenvalue weighted by Crippen LogP contribution is -2.15. The Hall–Kier alpha value is -1.09. The molecule has 0 aliphatic heterocycles. The van der Waals surface area contributed by atoms with Crippen LogP contribution in [0, 0.1) is 12.8 Å². The van der Waals surface area contributed by atoms with E-state index in [4.69, 9.17) is 18.0 Å². The van der Waals surface area contributed by atoms with Gasteiger partial charge in [-0.05, 0) is 43.0 Å². The lowest BCUT2D eigenvalue weighted by atomic mass is 9.99. The summed E-state index contributed by atoms with van der Waals surface area (Å²) in [6, 6.07) is 6.20. The summed E-state index contributed by atoms with van der Waals surface area (Å²) in [5.74, 6) is 0.760. The number of unbranched alkanes of at least 4 members (excludes halogenated alkanes) is 1. The van der Waals surface area contributed by atoms with Gasteiger partial charge in [-0.25, -0.2) is 0 Å². The number of aryl methyl sites for hydroxylation is 1. The van der Waals surface area contributed by atoms with Crippen molar-refractivity contribution >= 4 is 22.9 Å². The van der Waals surface area contributed by atoms with Crippen molar-refractivity contribution in [3.63, 3.8) is 0 Å². The monoisotopic (exact) mass is 278 g/mol. The van der Waals surface area contributed by atoms with Gasteiger partial charge in [0, 0.05) is 17.8 Å². The highest BCUT2D eigenvalue weighted by molar-refractivity contribution is 7.80. The molecule has 0 aromatic heterocycles. The van der Waals surface area contributed by atoms with E-state index in [1.807, 2.05) is 13.0 Å². The van der Waals surface area contributed by atoms with Crippen molar-refractivity contribution in [3.05, 3.63) is 29.3 Å². The van der Waals surface area contributed by atoms with E-state index in [1.165, 1.54) is 25.7 Å². The van der Waals surface area contributed by atoms with E-state index >= 15 is 0 Å². The van der Waals surface area contributed by atoms with Crippen LogP contribution >= 0.6 is 12.2 Å². The number of nitrogens with one attached hydrogen (secondary N) is 1. The molecule has 1 aromatic carbocycles. The van der Waals surface area contributed by atoms with Crippen LogP contribution in [-0.2, 0) is 0 Å². The maximum absolute atomic E-state index is 5.67. The first-order valence-electron chi connectivity index (χ1n) is 7.22.